The van der Waals surface area contributed by atoms with Crippen LogP contribution in [0.3, 0.4) is 0 Å². The highest BCUT2D eigenvalue weighted by Gasteiger charge is 2.12. The third kappa shape index (κ3) is 4.20. The Kier molecular flexibility index (Phi) is 5.83. The van der Waals surface area contributed by atoms with Crippen molar-refractivity contribution in [2.75, 3.05) is 37.8 Å². The van der Waals surface area contributed by atoms with E-state index in [2.05, 4.69) is 48.3 Å². The number of hydrogen-bond acceptors (Lipinski definition) is 4. The van der Waals surface area contributed by atoms with Gasteiger partial charge in [-0.25, -0.2) is 0 Å². The van der Waals surface area contributed by atoms with E-state index in [4.69, 9.17) is 9.84 Å². The van der Waals surface area contributed by atoms with E-state index in [-0.39, 0.29) is 6.61 Å². The lowest BCUT2D eigenvalue weighted by atomic mass is 10.1. The van der Waals surface area contributed by atoms with Crippen molar-refractivity contribution in [2.45, 2.75) is 32.4 Å². The lowest BCUT2D eigenvalue weighted by Crippen LogP contribution is -2.36. The van der Waals surface area contributed by atoms with Crippen molar-refractivity contribution in [1.82, 2.24) is 5.32 Å². The summed E-state index contributed by atoms with van der Waals surface area (Å²) in [6, 6.07) is 9.39. The van der Waals surface area contributed by atoms with Crippen molar-refractivity contribution >= 4 is 5.69 Å². The summed E-state index contributed by atoms with van der Waals surface area (Å²) < 4.78 is 5.38. The number of aliphatic hydroxyl groups is 1. The summed E-state index contributed by atoms with van der Waals surface area (Å²) >= 11 is 0. The van der Waals surface area contributed by atoms with E-state index < -0.39 is 0 Å². The quantitative estimate of drug-likeness (QED) is 0.835. The molecule has 2 unspecified atom stereocenters. The van der Waals surface area contributed by atoms with Crippen molar-refractivity contribution < 1.29 is 9.84 Å². The maximum atomic E-state index is 8.95. The molecule has 2 rings (SSSR count). The Bertz CT molecular complexity index is 388. The Morgan fingerprint density at radius 1 is 1.20 bits per heavy atom. The van der Waals surface area contributed by atoms with Gasteiger partial charge in [0.05, 0.1) is 13.2 Å². The number of benzene rings is 1. The average molecular weight is 278 g/mol. The first-order valence-electron chi connectivity index (χ1n) is 7.50. The molecule has 1 saturated heterocycles. The van der Waals surface area contributed by atoms with E-state index in [1.54, 1.807) is 0 Å². The summed E-state index contributed by atoms with van der Waals surface area (Å²) in [7, 11) is 0. The van der Waals surface area contributed by atoms with Gasteiger partial charge in [-0.05, 0) is 38.0 Å². The summed E-state index contributed by atoms with van der Waals surface area (Å²) in [5.41, 5.74) is 2.56. The minimum Gasteiger partial charge on any atom is -0.396 e. The lowest BCUT2D eigenvalue weighted by molar-refractivity contribution is 0.122. The first-order chi connectivity index (χ1) is 9.70. The van der Waals surface area contributed by atoms with Crippen LogP contribution in [0.15, 0.2) is 24.3 Å². The predicted molar refractivity (Wildman–Crippen MR) is 82.2 cm³/mol. The summed E-state index contributed by atoms with van der Waals surface area (Å²) in [5, 5.41) is 12.4. The average Bonchev–Trinajstić information content (AvgIpc) is 2.48. The van der Waals surface area contributed by atoms with Gasteiger partial charge in [0, 0.05) is 37.5 Å². The van der Waals surface area contributed by atoms with Crippen molar-refractivity contribution in [3.8, 4) is 0 Å². The molecule has 1 fully saturated rings. The lowest BCUT2D eigenvalue weighted by Gasteiger charge is -2.29. The summed E-state index contributed by atoms with van der Waals surface area (Å²) in [4.78, 5) is 2.36. The van der Waals surface area contributed by atoms with Crippen LogP contribution in [0.2, 0.25) is 0 Å². The molecule has 1 aliphatic heterocycles. The monoisotopic (exact) mass is 278 g/mol. The molecule has 4 nitrogen and oxygen atoms in total. The van der Waals surface area contributed by atoms with Crippen molar-refractivity contribution in [3.05, 3.63) is 29.8 Å². The molecule has 1 heterocycles. The molecule has 4 heteroatoms. The van der Waals surface area contributed by atoms with E-state index >= 15 is 0 Å². The van der Waals surface area contributed by atoms with Gasteiger partial charge in [-0.1, -0.05) is 12.1 Å². The van der Waals surface area contributed by atoms with Crippen LogP contribution in [0.4, 0.5) is 5.69 Å². The minimum absolute atomic E-state index is 0.233. The highest BCUT2D eigenvalue weighted by atomic mass is 16.5. The fourth-order valence-electron chi connectivity index (χ4n) is 2.60. The third-order valence-electron chi connectivity index (χ3n) is 3.87. The van der Waals surface area contributed by atoms with Gasteiger partial charge in [0.15, 0.2) is 0 Å². The number of nitrogens with one attached hydrogen (secondary N) is 1. The molecule has 2 atom stereocenters. The molecule has 20 heavy (non-hydrogen) atoms. The van der Waals surface area contributed by atoms with Crippen LogP contribution < -0.4 is 10.2 Å². The molecule has 0 saturated carbocycles. The Morgan fingerprint density at radius 2 is 1.85 bits per heavy atom. The normalized spacial score (nSPS) is 18.9. The Labute approximate surface area is 121 Å². The van der Waals surface area contributed by atoms with Gasteiger partial charge >= 0.3 is 0 Å². The van der Waals surface area contributed by atoms with E-state index in [9.17, 15) is 0 Å². The van der Waals surface area contributed by atoms with Crippen LogP contribution in [-0.4, -0.2) is 44.1 Å². The van der Waals surface area contributed by atoms with Crippen molar-refractivity contribution in [3.63, 3.8) is 0 Å². The number of rotatable bonds is 6. The van der Waals surface area contributed by atoms with Gasteiger partial charge in [0.1, 0.15) is 0 Å². The van der Waals surface area contributed by atoms with Gasteiger partial charge in [-0.3, -0.25) is 0 Å². The summed E-state index contributed by atoms with van der Waals surface area (Å²) in [5.74, 6) is 0. The highest BCUT2D eigenvalue weighted by molar-refractivity contribution is 5.48. The predicted octanol–water partition coefficient (Wildman–Crippen LogP) is 1.94. The van der Waals surface area contributed by atoms with E-state index in [1.165, 1.54) is 11.3 Å². The third-order valence-corrected chi connectivity index (χ3v) is 3.87. The first kappa shape index (κ1) is 15.3. The molecule has 1 aliphatic rings. The maximum absolute atomic E-state index is 8.95. The van der Waals surface area contributed by atoms with E-state index in [0.29, 0.717) is 12.1 Å². The van der Waals surface area contributed by atoms with Crippen LogP contribution in [0.5, 0.6) is 0 Å². The van der Waals surface area contributed by atoms with Gasteiger partial charge < -0.3 is 20.1 Å². The molecule has 2 N–H and O–H groups in total. The molecule has 1 aromatic rings. The van der Waals surface area contributed by atoms with E-state index in [0.717, 1.165) is 32.7 Å². The van der Waals surface area contributed by atoms with Crippen LogP contribution >= 0.6 is 0 Å². The summed E-state index contributed by atoms with van der Waals surface area (Å²) in [6.07, 6.45) is 0.788. The number of nitrogens with zero attached hydrogens (tertiary/aromatic N) is 1. The number of ether oxygens (including phenoxy) is 1. The molecule has 0 spiro atoms. The zero-order valence-electron chi connectivity index (χ0n) is 12.5. The molecule has 0 aromatic heterocycles. The first-order valence-corrected chi connectivity index (χ1v) is 7.50. The van der Waals surface area contributed by atoms with Gasteiger partial charge in [-0.2, -0.15) is 0 Å². The molecule has 112 valence electrons. The molecule has 1 aromatic carbocycles. The highest BCUT2D eigenvalue weighted by Crippen LogP contribution is 2.20. The topological polar surface area (TPSA) is 44.7 Å². The Balaban J connectivity index is 1.93. The van der Waals surface area contributed by atoms with Crippen LogP contribution in [0.25, 0.3) is 0 Å². The van der Waals surface area contributed by atoms with Crippen LogP contribution in [0.1, 0.15) is 31.9 Å². The number of anilines is 1. The molecule has 0 aliphatic carbocycles. The number of hydrogen-bond donors (Lipinski definition) is 2. The molecule has 0 radical (unpaired) electrons. The largest absolute Gasteiger partial charge is 0.396 e. The second-order valence-corrected chi connectivity index (χ2v) is 5.49. The van der Waals surface area contributed by atoms with E-state index in [1.807, 2.05) is 0 Å². The zero-order valence-corrected chi connectivity index (χ0v) is 12.5. The molecular weight excluding hydrogens is 252 g/mol. The second kappa shape index (κ2) is 7.62. The fraction of sp³-hybridized carbons (Fsp3) is 0.625. The second-order valence-electron chi connectivity index (χ2n) is 5.49. The zero-order chi connectivity index (χ0) is 14.4. The molecule has 0 amide bonds. The van der Waals surface area contributed by atoms with Crippen LogP contribution in [0, 0.1) is 0 Å². The smallest absolute Gasteiger partial charge is 0.0642 e. The maximum Gasteiger partial charge on any atom is 0.0642 e. The van der Waals surface area contributed by atoms with Gasteiger partial charge in [-0.15, -0.1) is 0 Å². The van der Waals surface area contributed by atoms with Crippen LogP contribution in [-0.2, 0) is 4.74 Å². The van der Waals surface area contributed by atoms with Gasteiger partial charge in [0.25, 0.3) is 0 Å². The standard InChI is InChI=1S/C16H26N2O2/c1-13(7-10-19)17-14(2)15-3-5-16(6-4-15)18-8-11-20-12-9-18/h3-6,13-14,17,19H,7-12H2,1-2H3. The Morgan fingerprint density at radius 3 is 2.45 bits per heavy atom. The molecule has 0 bridgehead atoms. The van der Waals surface area contributed by atoms with Crippen molar-refractivity contribution in [2.24, 2.45) is 0 Å². The van der Waals surface area contributed by atoms with Gasteiger partial charge in [0.2, 0.25) is 0 Å². The number of aliphatic hydroxyl groups excluding tert-OH is 1. The SMILES string of the molecule is CC(CCO)NC(C)c1ccc(N2CCOCC2)cc1. The fourth-order valence-corrected chi connectivity index (χ4v) is 2.60. The minimum atomic E-state index is 0.233. The Hall–Kier alpha value is -1.10. The number of morpholine rings is 1. The van der Waals surface area contributed by atoms with Crippen molar-refractivity contribution in [1.29, 1.82) is 0 Å². The summed E-state index contributed by atoms with van der Waals surface area (Å²) in [6.45, 7) is 8.08. The molecular formula is C16H26N2O2.